The summed E-state index contributed by atoms with van der Waals surface area (Å²) in [5, 5.41) is 23.1. The Kier molecular flexibility index (Phi) is 8.14. The van der Waals surface area contributed by atoms with Gasteiger partial charge in [-0.05, 0) is 41.6 Å². The van der Waals surface area contributed by atoms with E-state index in [9.17, 15) is 14.8 Å². The van der Waals surface area contributed by atoms with Crippen molar-refractivity contribution >= 4 is 40.5 Å². The highest BCUT2D eigenvalue weighted by atomic mass is 35.5. The highest BCUT2D eigenvalue weighted by molar-refractivity contribution is 6.34. The third kappa shape index (κ3) is 5.78. The van der Waals surface area contributed by atoms with E-state index in [2.05, 4.69) is 10.5 Å². The summed E-state index contributed by atoms with van der Waals surface area (Å²) >= 11 is 11.7. The zero-order valence-corrected chi connectivity index (χ0v) is 13.9. The predicted octanol–water partition coefficient (Wildman–Crippen LogP) is 3.29. The van der Waals surface area contributed by atoms with Crippen molar-refractivity contribution in [3.63, 3.8) is 0 Å². The predicted molar refractivity (Wildman–Crippen MR) is 94.1 cm³/mol. The molecule has 0 radical (unpaired) electrons. The fourth-order valence-corrected chi connectivity index (χ4v) is 1.94. The first kappa shape index (κ1) is 19.9. The lowest BCUT2D eigenvalue weighted by molar-refractivity contribution is 0.102. The monoisotopic (exact) mass is 371 g/mol. The number of aromatic hydroxyl groups is 1. The van der Waals surface area contributed by atoms with Gasteiger partial charge < -0.3 is 21.3 Å². The van der Waals surface area contributed by atoms with Crippen molar-refractivity contribution in [3.05, 3.63) is 56.9 Å². The van der Waals surface area contributed by atoms with Crippen LogP contribution in [0.15, 0.2) is 41.6 Å². The minimum atomic E-state index is -0.571. The number of hydrogen-bond acceptors (Lipinski definition) is 6. The number of rotatable bonds is 4. The van der Waals surface area contributed by atoms with Crippen LogP contribution in [-0.2, 0) is 0 Å². The molecule has 0 saturated carbocycles. The van der Waals surface area contributed by atoms with E-state index in [1.165, 1.54) is 36.4 Å². The van der Waals surface area contributed by atoms with E-state index in [0.717, 1.165) is 0 Å². The van der Waals surface area contributed by atoms with E-state index < -0.39 is 5.91 Å². The van der Waals surface area contributed by atoms with Crippen LogP contribution in [0.25, 0.3) is 0 Å². The summed E-state index contributed by atoms with van der Waals surface area (Å²) in [6.45, 7) is 0.472. The van der Waals surface area contributed by atoms with Crippen LogP contribution in [0.1, 0.15) is 10.4 Å². The van der Waals surface area contributed by atoms with Gasteiger partial charge in [-0.1, -0.05) is 23.2 Å². The topological polar surface area (TPSA) is 125 Å². The number of nitroso groups, excluding NO2 is 1. The Morgan fingerprint density at radius 2 is 1.88 bits per heavy atom. The summed E-state index contributed by atoms with van der Waals surface area (Å²) in [4.78, 5) is 22.4. The van der Waals surface area contributed by atoms with Crippen molar-refractivity contribution in [1.29, 1.82) is 0 Å². The number of nitrogens with one attached hydrogen (secondary N) is 1. The van der Waals surface area contributed by atoms with Gasteiger partial charge in [-0.15, -0.1) is 4.91 Å². The summed E-state index contributed by atoms with van der Waals surface area (Å²) in [5.41, 5.74) is 5.24. The Labute approximate surface area is 148 Å². The number of anilines is 1. The Hall–Kier alpha value is -2.19. The van der Waals surface area contributed by atoms with E-state index in [-0.39, 0.29) is 28.6 Å². The number of phenols is 1. The average molecular weight is 372 g/mol. The lowest BCUT2D eigenvalue weighted by atomic mass is 10.2. The van der Waals surface area contributed by atoms with Gasteiger partial charge in [0.15, 0.2) is 0 Å². The molecule has 1 amide bonds. The summed E-state index contributed by atoms with van der Waals surface area (Å²) in [7, 11) is 0. The van der Waals surface area contributed by atoms with Crippen molar-refractivity contribution < 1.29 is 15.0 Å². The van der Waals surface area contributed by atoms with E-state index >= 15 is 0 Å². The Morgan fingerprint density at radius 1 is 1.21 bits per heavy atom. The SMILES string of the molecule is NCCO.O=Nc1ccc(NC(=O)c2cc(Cl)ccc2O)c(Cl)c1. The van der Waals surface area contributed by atoms with Gasteiger partial charge in [-0.25, -0.2) is 0 Å². The molecule has 0 spiro atoms. The largest absolute Gasteiger partial charge is 0.507 e. The fourth-order valence-electron chi connectivity index (χ4n) is 1.54. The molecule has 0 fully saturated rings. The van der Waals surface area contributed by atoms with Gasteiger partial charge in [0.05, 0.1) is 22.9 Å². The van der Waals surface area contributed by atoms with E-state index in [4.69, 9.17) is 34.0 Å². The molecular formula is C15H15Cl2N3O4. The first-order chi connectivity index (χ1) is 11.4. The maximum absolute atomic E-state index is 12.0. The van der Waals surface area contributed by atoms with Gasteiger partial charge in [0.1, 0.15) is 11.4 Å². The van der Waals surface area contributed by atoms with Crippen LogP contribution in [0, 0.1) is 4.91 Å². The van der Waals surface area contributed by atoms with Crippen LogP contribution in [0.3, 0.4) is 0 Å². The molecular weight excluding hydrogens is 357 g/mol. The molecule has 0 saturated heterocycles. The standard InChI is InChI=1S/C13H8Cl2N2O3.C2H7NO/c14-7-1-4-12(18)9(5-7)13(19)16-11-3-2-8(17-20)6-10(11)15;3-1-2-4/h1-6,18H,(H,16,19);4H,1-3H2. The quantitative estimate of drug-likeness (QED) is 0.613. The third-order valence-electron chi connectivity index (χ3n) is 2.64. The number of aliphatic hydroxyl groups excluding tert-OH is 1. The van der Waals surface area contributed by atoms with Crippen molar-refractivity contribution in [1.82, 2.24) is 0 Å². The minimum Gasteiger partial charge on any atom is -0.507 e. The van der Waals surface area contributed by atoms with Gasteiger partial charge in [-0.3, -0.25) is 4.79 Å². The lowest BCUT2D eigenvalue weighted by Crippen LogP contribution is -2.12. The third-order valence-corrected chi connectivity index (χ3v) is 3.19. The molecule has 7 nitrogen and oxygen atoms in total. The average Bonchev–Trinajstić information content (AvgIpc) is 2.58. The van der Waals surface area contributed by atoms with Gasteiger partial charge in [0.2, 0.25) is 0 Å². The summed E-state index contributed by atoms with van der Waals surface area (Å²) < 4.78 is 0. The molecule has 24 heavy (non-hydrogen) atoms. The molecule has 128 valence electrons. The van der Waals surface area contributed by atoms with Crippen LogP contribution in [0.2, 0.25) is 10.0 Å². The fraction of sp³-hybridized carbons (Fsp3) is 0.133. The number of nitrogens with zero attached hydrogens (tertiary/aromatic N) is 1. The number of phenolic OH excluding ortho intramolecular Hbond substituents is 1. The van der Waals surface area contributed by atoms with Crippen molar-refractivity contribution in [3.8, 4) is 5.75 Å². The van der Waals surface area contributed by atoms with Gasteiger partial charge in [-0.2, -0.15) is 0 Å². The molecule has 0 aromatic heterocycles. The molecule has 2 aromatic carbocycles. The second-order valence-corrected chi connectivity index (χ2v) is 5.23. The first-order valence-corrected chi connectivity index (χ1v) is 7.42. The zero-order chi connectivity index (χ0) is 18.1. The molecule has 2 rings (SSSR count). The number of carbonyl (C=O) groups excluding carboxylic acids is 1. The second-order valence-electron chi connectivity index (χ2n) is 4.38. The van der Waals surface area contributed by atoms with Crippen molar-refractivity contribution in [2.24, 2.45) is 10.9 Å². The van der Waals surface area contributed by atoms with E-state index in [0.29, 0.717) is 17.3 Å². The van der Waals surface area contributed by atoms with E-state index in [1.54, 1.807) is 0 Å². The van der Waals surface area contributed by atoms with Crippen molar-refractivity contribution in [2.75, 3.05) is 18.5 Å². The molecule has 0 aliphatic carbocycles. The number of carbonyl (C=O) groups is 1. The summed E-state index contributed by atoms with van der Waals surface area (Å²) in [6, 6.07) is 8.29. The normalized spacial score (nSPS) is 9.67. The molecule has 0 aliphatic rings. The first-order valence-electron chi connectivity index (χ1n) is 6.66. The molecule has 0 unspecified atom stereocenters. The van der Waals surface area contributed by atoms with E-state index in [1.807, 2.05) is 0 Å². The highest BCUT2D eigenvalue weighted by Gasteiger charge is 2.13. The second kappa shape index (κ2) is 9.84. The highest BCUT2D eigenvalue weighted by Crippen LogP contribution is 2.28. The van der Waals surface area contributed by atoms with Crippen molar-refractivity contribution in [2.45, 2.75) is 0 Å². The Bertz CT molecular complexity index is 724. The van der Waals surface area contributed by atoms with Crippen LogP contribution >= 0.6 is 23.2 Å². The van der Waals surface area contributed by atoms with Crippen LogP contribution in [-0.4, -0.2) is 29.3 Å². The number of aliphatic hydroxyl groups is 1. The summed E-state index contributed by atoms with van der Waals surface area (Å²) in [6.07, 6.45) is 0. The lowest BCUT2D eigenvalue weighted by Gasteiger charge is -2.09. The molecule has 9 heteroatoms. The maximum Gasteiger partial charge on any atom is 0.259 e. The molecule has 0 atom stereocenters. The molecule has 0 bridgehead atoms. The smallest absolute Gasteiger partial charge is 0.259 e. The molecule has 5 N–H and O–H groups in total. The molecule has 2 aromatic rings. The van der Waals surface area contributed by atoms with Gasteiger partial charge in [0, 0.05) is 11.6 Å². The van der Waals surface area contributed by atoms with Crippen LogP contribution in [0.5, 0.6) is 5.75 Å². The summed E-state index contributed by atoms with van der Waals surface area (Å²) in [5.74, 6) is -0.770. The number of halogens is 2. The molecule has 0 aliphatic heterocycles. The zero-order valence-electron chi connectivity index (χ0n) is 12.4. The maximum atomic E-state index is 12.0. The Morgan fingerprint density at radius 3 is 2.42 bits per heavy atom. The van der Waals surface area contributed by atoms with Gasteiger partial charge in [0.25, 0.3) is 5.91 Å². The van der Waals surface area contributed by atoms with Gasteiger partial charge >= 0.3 is 0 Å². The molecule has 0 heterocycles. The number of amides is 1. The number of benzene rings is 2. The van der Waals surface area contributed by atoms with Crippen LogP contribution in [0.4, 0.5) is 11.4 Å². The minimum absolute atomic E-state index is 0.0196. The number of nitrogens with two attached hydrogens (primary N) is 1. The Balaban J connectivity index is 0.000000648. The van der Waals surface area contributed by atoms with Crippen LogP contribution < -0.4 is 11.1 Å². The number of hydrogen-bond donors (Lipinski definition) is 4.